The van der Waals surface area contributed by atoms with E-state index >= 15 is 0 Å². The van der Waals surface area contributed by atoms with Gasteiger partial charge in [0.25, 0.3) is 0 Å². The largest absolute Gasteiger partial charge is 0.507 e. The van der Waals surface area contributed by atoms with Crippen molar-refractivity contribution in [2.45, 2.75) is 33.1 Å². The number of nitrogens with zero attached hydrogens (tertiary/aromatic N) is 1. The van der Waals surface area contributed by atoms with Crippen molar-refractivity contribution >= 4 is 11.6 Å². The van der Waals surface area contributed by atoms with Crippen molar-refractivity contribution in [1.82, 2.24) is 5.43 Å². The highest BCUT2D eigenvalue weighted by molar-refractivity contribution is 6.03. The molecule has 4 heteroatoms. The Morgan fingerprint density at radius 3 is 2.83 bits per heavy atom. The molecule has 1 aromatic carbocycles. The van der Waals surface area contributed by atoms with Gasteiger partial charge < -0.3 is 5.11 Å². The lowest BCUT2D eigenvalue weighted by Gasteiger charge is -2.08. The Morgan fingerprint density at radius 1 is 1.50 bits per heavy atom. The fraction of sp³-hybridized carbons (Fsp3) is 0.429. The van der Waals surface area contributed by atoms with Gasteiger partial charge in [-0.3, -0.25) is 4.79 Å². The fourth-order valence-electron chi connectivity index (χ4n) is 1.77. The van der Waals surface area contributed by atoms with E-state index in [4.69, 9.17) is 0 Å². The summed E-state index contributed by atoms with van der Waals surface area (Å²) in [4.78, 5) is 11.5. The minimum Gasteiger partial charge on any atom is -0.507 e. The predicted molar refractivity (Wildman–Crippen MR) is 70.5 cm³/mol. The number of phenolic OH excluding ortho intramolecular Hbond substituents is 1. The molecule has 1 fully saturated rings. The van der Waals surface area contributed by atoms with Crippen LogP contribution in [-0.2, 0) is 4.79 Å². The molecule has 4 nitrogen and oxygen atoms in total. The summed E-state index contributed by atoms with van der Waals surface area (Å²) in [5, 5.41) is 14.0. The maximum atomic E-state index is 11.5. The van der Waals surface area contributed by atoms with Crippen LogP contribution in [0.5, 0.6) is 5.75 Å². The summed E-state index contributed by atoms with van der Waals surface area (Å²) in [7, 11) is 0. The Hall–Kier alpha value is -1.84. The van der Waals surface area contributed by atoms with Gasteiger partial charge >= 0.3 is 0 Å². The molecular formula is C14H18N2O2. The van der Waals surface area contributed by atoms with Gasteiger partial charge in [0, 0.05) is 11.5 Å². The number of hydrogen-bond donors (Lipinski definition) is 2. The van der Waals surface area contributed by atoms with Gasteiger partial charge in [0.15, 0.2) is 0 Å². The molecule has 18 heavy (non-hydrogen) atoms. The first-order valence-electron chi connectivity index (χ1n) is 6.28. The molecule has 1 aromatic rings. The van der Waals surface area contributed by atoms with Gasteiger partial charge in [-0.15, -0.1) is 0 Å². The van der Waals surface area contributed by atoms with Crippen LogP contribution in [0.4, 0.5) is 0 Å². The zero-order valence-corrected chi connectivity index (χ0v) is 10.7. The van der Waals surface area contributed by atoms with Crippen LogP contribution >= 0.6 is 0 Å². The molecule has 2 rings (SSSR count). The molecule has 1 aliphatic rings. The molecule has 0 atom stereocenters. The van der Waals surface area contributed by atoms with Crippen LogP contribution in [0.2, 0.25) is 0 Å². The number of aryl methyl sites for hydroxylation is 1. The first kappa shape index (κ1) is 12.6. The number of hydrazone groups is 1. The second-order valence-corrected chi connectivity index (χ2v) is 4.68. The van der Waals surface area contributed by atoms with Crippen LogP contribution in [0.15, 0.2) is 23.3 Å². The highest BCUT2D eigenvalue weighted by atomic mass is 16.3. The molecule has 0 saturated heterocycles. The number of amides is 1. The standard InChI is InChI=1S/C14H18N2O2/c1-3-12(15-16-14(18)10-5-6-10)11-8-9(2)4-7-13(11)17/h4,7-8,10,17H,3,5-6H2,1-2H3,(H,16,18)/b15-12+. The molecule has 96 valence electrons. The second-order valence-electron chi connectivity index (χ2n) is 4.68. The Balaban J connectivity index is 2.18. The minimum atomic E-state index is -0.0203. The Bertz CT molecular complexity index is 491. The van der Waals surface area contributed by atoms with E-state index in [-0.39, 0.29) is 17.6 Å². The second kappa shape index (κ2) is 5.21. The summed E-state index contributed by atoms with van der Waals surface area (Å²) in [6.45, 7) is 3.91. The zero-order chi connectivity index (χ0) is 13.1. The van der Waals surface area contributed by atoms with E-state index < -0.39 is 0 Å². The van der Waals surface area contributed by atoms with E-state index in [2.05, 4.69) is 10.5 Å². The van der Waals surface area contributed by atoms with Gasteiger partial charge in [0.2, 0.25) is 5.91 Å². The van der Waals surface area contributed by atoms with Crippen molar-refractivity contribution in [3.63, 3.8) is 0 Å². The third kappa shape index (κ3) is 2.88. The highest BCUT2D eigenvalue weighted by Gasteiger charge is 2.29. The molecule has 0 heterocycles. The fourth-order valence-corrected chi connectivity index (χ4v) is 1.77. The van der Waals surface area contributed by atoms with Crippen LogP contribution < -0.4 is 5.43 Å². The Labute approximate surface area is 107 Å². The van der Waals surface area contributed by atoms with Crippen molar-refractivity contribution in [2.24, 2.45) is 11.0 Å². The molecule has 0 radical (unpaired) electrons. The van der Waals surface area contributed by atoms with Crippen LogP contribution in [-0.4, -0.2) is 16.7 Å². The van der Waals surface area contributed by atoms with Crippen LogP contribution in [0.3, 0.4) is 0 Å². The van der Waals surface area contributed by atoms with Gasteiger partial charge in [-0.1, -0.05) is 18.6 Å². The number of hydrogen-bond acceptors (Lipinski definition) is 3. The molecule has 2 N–H and O–H groups in total. The first-order valence-corrected chi connectivity index (χ1v) is 6.28. The summed E-state index contributed by atoms with van der Waals surface area (Å²) in [6.07, 6.45) is 2.57. The average Bonchev–Trinajstić information content (AvgIpc) is 3.18. The summed E-state index contributed by atoms with van der Waals surface area (Å²) in [5.41, 5.74) is 5.02. The Morgan fingerprint density at radius 2 is 2.22 bits per heavy atom. The van der Waals surface area contributed by atoms with E-state index in [9.17, 15) is 9.90 Å². The maximum Gasteiger partial charge on any atom is 0.243 e. The number of benzene rings is 1. The van der Waals surface area contributed by atoms with Gasteiger partial charge in [-0.05, 0) is 38.3 Å². The van der Waals surface area contributed by atoms with Crippen LogP contribution in [0.25, 0.3) is 0 Å². The molecule has 0 spiro atoms. The summed E-state index contributed by atoms with van der Waals surface area (Å²) in [5.74, 6) is 0.313. The molecule has 1 aliphatic carbocycles. The van der Waals surface area contributed by atoms with E-state index in [0.717, 1.165) is 18.4 Å². The maximum absolute atomic E-state index is 11.5. The SMILES string of the molecule is CC/C(=N\NC(=O)C1CC1)c1cc(C)ccc1O. The van der Waals surface area contributed by atoms with E-state index in [1.807, 2.05) is 26.0 Å². The number of carbonyl (C=O) groups excluding carboxylic acids is 1. The van der Waals surface area contributed by atoms with Crippen molar-refractivity contribution in [3.05, 3.63) is 29.3 Å². The van der Waals surface area contributed by atoms with E-state index in [0.29, 0.717) is 17.7 Å². The lowest BCUT2D eigenvalue weighted by atomic mass is 10.0. The third-order valence-corrected chi connectivity index (χ3v) is 3.05. The summed E-state index contributed by atoms with van der Waals surface area (Å²) in [6, 6.07) is 5.37. The molecule has 0 unspecified atom stereocenters. The predicted octanol–water partition coefficient (Wildman–Crippen LogP) is 2.34. The molecule has 1 amide bonds. The van der Waals surface area contributed by atoms with Gasteiger partial charge in [0.1, 0.15) is 5.75 Å². The molecule has 1 saturated carbocycles. The molecule has 0 bridgehead atoms. The number of phenols is 1. The van der Waals surface area contributed by atoms with Crippen LogP contribution in [0, 0.1) is 12.8 Å². The van der Waals surface area contributed by atoms with Crippen molar-refractivity contribution in [2.75, 3.05) is 0 Å². The van der Waals surface area contributed by atoms with E-state index in [1.54, 1.807) is 6.07 Å². The van der Waals surface area contributed by atoms with Gasteiger partial charge in [0.05, 0.1) is 5.71 Å². The number of rotatable bonds is 4. The Kier molecular flexibility index (Phi) is 3.65. The quantitative estimate of drug-likeness (QED) is 0.632. The first-order chi connectivity index (χ1) is 8.61. The van der Waals surface area contributed by atoms with Gasteiger partial charge in [-0.25, -0.2) is 5.43 Å². The summed E-state index contributed by atoms with van der Waals surface area (Å²) < 4.78 is 0. The molecule has 0 aliphatic heterocycles. The topological polar surface area (TPSA) is 61.7 Å². The normalized spacial score (nSPS) is 15.6. The zero-order valence-electron chi connectivity index (χ0n) is 10.7. The monoisotopic (exact) mass is 246 g/mol. The highest BCUT2D eigenvalue weighted by Crippen LogP contribution is 2.28. The van der Waals surface area contributed by atoms with Crippen LogP contribution in [0.1, 0.15) is 37.3 Å². The summed E-state index contributed by atoms with van der Waals surface area (Å²) >= 11 is 0. The molecule has 0 aromatic heterocycles. The smallest absolute Gasteiger partial charge is 0.243 e. The lowest BCUT2D eigenvalue weighted by Crippen LogP contribution is -2.21. The number of aromatic hydroxyl groups is 1. The number of carbonyl (C=O) groups is 1. The molecular weight excluding hydrogens is 228 g/mol. The average molecular weight is 246 g/mol. The minimum absolute atomic E-state index is 0.0203. The third-order valence-electron chi connectivity index (χ3n) is 3.05. The van der Waals surface area contributed by atoms with E-state index in [1.165, 1.54) is 0 Å². The van der Waals surface area contributed by atoms with Crippen molar-refractivity contribution < 1.29 is 9.90 Å². The number of nitrogens with one attached hydrogen (secondary N) is 1. The van der Waals surface area contributed by atoms with Gasteiger partial charge in [-0.2, -0.15) is 5.10 Å². The van der Waals surface area contributed by atoms with Crippen molar-refractivity contribution in [1.29, 1.82) is 0 Å². The lowest BCUT2D eigenvalue weighted by molar-refractivity contribution is -0.122. The van der Waals surface area contributed by atoms with Crippen molar-refractivity contribution in [3.8, 4) is 5.75 Å².